The second-order valence-corrected chi connectivity index (χ2v) is 8.96. The molecule has 1 atom stereocenters. The zero-order valence-corrected chi connectivity index (χ0v) is 17.6. The molecule has 154 valence electrons. The van der Waals surface area contributed by atoms with E-state index in [9.17, 15) is 14.4 Å². The number of primary amides is 1. The fraction of sp³-hybridized carbons (Fsp3) is 0.381. The van der Waals surface area contributed by atoms with Crippen molar-refractivity contribution in [3.8, 4) is 0 Å². The van der Waals surface area contributed by atoms with Gasteiger partial charge in [0.15, 0.2) is 5.78 Å². The molecule has 1 fully saturated rings. The third-order valence-electron chi connectivity index (χ3n) is 4.98. The van der Waals surface area contributed by atoms with Gasteiger partial charge in [-0.1, -0.05) is 23.7 Å². The van der Waals surface area contributed by atoms with Crippen LogP contribution in [0.3, 0.4) is 0 Å². The molecule has 0 aliphatic carbocycles. The standard InChI is InChI=1S/C21H24ClN3O3S/c22-19-9-8-18(29-19)17(26)7-10-20(27)24-16-5-3-14(4-6-16)12-25-11-1-2-15(13-25)21(23)28/h3-6,8-9,15H,1-2,7,10-13H2,(H2,23,28)(H,24,27). The lowest BCUT2D eigenvalue weighted by molar-refractivity contribution is -0.123. The minimum Gasteiger partial charge on any atom is -0.369 e. The van der Waals surface area contributed by atoms with E-state index in [0.717, 1.165) is 31.5 Å². The van der Waals surface area contributed by atoms with Gasteiger partial charge >= 0.3 is 0 Å². The molecule has 3 rings (SSSR count). The second kappa shape index (κ2) is 10.0. The molecule has 0 radical (unpaired) electrons. The van der Waals surface area contributed by atoms with Crippen molar-refractivity contribution in [2.75, 3.05) is 18.4 Å². The zero-order chi connectivity index (χ0) is 20.8. The van der Waals surface area contributed by atoms with Gasteiger partial charge in [-0.3, -0.25) is 19.3 Å². The highest BCUT2D eigenvalue weighted by Crippen LogP contribution is 2.23. The number of benzene rings is 1. The van der Waals surface area contributed by atoms with Crippen LogP contribution in [-0.2, 0) is 16.1 Å². The molecular weight excluding hydrogens is 410 g/mol. The fourth-order valence-corrected chi connectivity index (χ4v) is 4.43. The van der Waals surface area contributed by atoms with Gasteiger partial charge in [0.1, 0.15) is 0 Å². The van der Waals surface area contributed by atoms with Crippen molar-refractivity contribution >= 4 is 46.2 Å². The summed E-state index contributed by atoms with van der Waals surface area (Å²) in [6.45, 7) is 2.39. The van der Waals surface area contributed by atoms with E-state index in [1.54, 1.807) is 12.1 Å². The number of halogens is 1. The van der Waals surface area contributed by atoms with Crippen LogP contribution in [0.2, 0.25) is 4.34 Å². The van der Waals surface area contributed by atoms with E-state index in [4.69, 9.17) is 17.3 Å². The first-order valence-electron chi connectivity index (χ1n) is 9.59. The minimum atomic E-state index is -0.228. The predicted octanol–water partition coefficient (Wildman–Crippen LogP) is 3.70. The van der Waals surface area contributed by atoms with Gasteiger partial charge in [0.25, 0.3) is 0 Å². The Hall–Kier alpha value is -2.22. The van der Waals surface area contributed by atoms with E-state index in [1.807, 2.05) is 24.3 Å². The summed E-state index contributed by atoms with van der Waals surface area (Å²) in [5, 5.41) is 2.82. The largest absolute Gasteiger partial charge is 0.369 e. The van der Waals surface area contributed by atoms with E-state index in [-0.39, 0.29) is 36.4 Å². The molecule has 1 aromatic carbocycles. The maximum Gasteiger partial charge on any atom is 0.224 e. The highest BCUT2D eigenvalue weighted by atomic mass is 35.5. The molecule has 2 heterocycles. The molecule has 1 aliphatic rings. The van der Waals surface area contributed by atoms with Crippen LogP contribution in [0.1, 0.15) is 40.9 Å². The number of nitrogens with one attached hydrogen (secondary N) is 1. The van der Waals surface area contributed by atoms with Gasteiger partial charge in [0, 0.05) is 31.6 Å². The quantitative estimate of drug-likeness (QED) is 0.621. The Kier molecular flexibility index (Phi) is 7.41. The van der Waals surface area contributed by atoms with Crippen molar-refractivity contribution in [1.29, 1.82) is 0 Å². The molecule has 3 N–H and O–H groups in total. The van der Waals surface area contributed by atoms with Gasteiger partial charge in [0.2, 0.25) is 11.8 Å². The number of hydrogen-bond acceptors (Lipinski definition) is 5. The number of ketones is 1. The van der Waals surface area contributed by atoms with Crippen molar-refractivity contribution in [3.63, 3.8) is 0 Å². The number of carbonyl (C=O) groups excluding carboxylic acids is 3. The Morgan fingerprint density at radius 2 is 1.90 bits per heavy atom. The van der Waals surface area contributed by atoms with Gasteiger partial charge in [-0.2, -0.15) is 0 Å². The molecule has 2 aromatic rings. The summed E-state index contributed by atoms with van der Waals surface area (Å²) in [4.78, 5) is 38.4. The highest BCUT2D eigenvalue weighted by molar-refractivity contribution is 7.18. The van der Waals surface area contributed by atoms with Gasteiger partial charge < -0.3 is 11.1 Å². The van der Waals surface area contributed by atoms with Crippen LogP contribution >= 0.6 is 22.9 Å². The minimum absolute atomic E-state index is 0.0739. The normalized spacial score (nSPS) is 17.1. The number of piperidine rings is 1. The average Bonchev–Trinajstić information content (AvgIpc) is 3.14. The summed E-state index contributed by atoms with van der Waals surface area (Å²) in [5.74, 6) is -0.582. The molecule has 0 bridgehead atoms. The Balaban J connectivity index is 1.45. The third kappa shape index (κ3) is 6.39. The van der Waals surface area contributed by atoms with Crippen molar-refractivity contribution < 1.29 is 14.4 Å². The first-order valence-corrected chi connectivity index (χ1v) is 10.8. The van der Waals surface area contributed by atoms with E-state index in [2.05, 4.69) is 10.2 Å². The maximum atomic E-state index is 12.1. The van der Waals surface area contributed by atoms with Crippen LogP contribution in [-0.4, -0.2) is 35.6 Å². The van der Waals surface area contributed by atoms with Crippen LogP contribution in [0.15, 0.2) is 36.4 Å². The number of nitrogens with two attached hydrogens (primary N) is 1. The summed E-state index contributed by atoms with van der Waals surface area (Å²) in [5.41, 5.74) is 7.24. The SMILES string of the molecule is NC(=O)C1CCCN(Cc2ccc(NC(=O)CCC(=O)c3ccc(Cl)s3)cc2)C1. The highest BCUT2D eigenvalue weighted by Gasteiger charge is 2.23. The lowest BCUT2D eigenvalue weighted by atomic mass is 9.97. The number of carbonyl (C=O) groups is 3. The van der Waals surface area contributed by atoms with Gasteiger partial charge in [-0.05, 0) is 49.2 Å². The number of amides is 2. The van der Waals surface area contributed by atoms with Gasteiger partial charge in [0.05, 0.1) is 15.1 Å². The topological polar surface area (TPSA) is 92.5 Å². The van der Waals surface area contributed by atoms with Crippen molar-refractivity contribution in [3.05, 3.63) is 51.2 Å². The van der Waals surface area contributed by atoms with E-state index in [1.165, 1.54) is 11.3 Å². The summed E-state index contributed by atoms with van der Waals surface area (Å²) in [6, 6.07) is 11.0. The molecule has 6 nitrogen and oxygen atoms in total. The Morgan fingerprint density at radius 1 is 1.14 bits per heavy atom. The summed E-state index contributed by atoms with van der Waals surface area (Å²) >= 11 is 7.06. The van der Waals surface area contributed by atoms with Gasteiger partial charge in [-0.25, -0.2) is 0 Å². The number of thiophene rings is 1. The maximum absolute atomic E-state index is 12.1. The van der Waals surface area contributed by atoms with Crippen LogP contribution in [0.5, 0.6) is 0 Å². The van der Waals surface area contributed by atoms with E-state index in [0.29, 0.717) is 21.4 Å². The molecule has 1 unspecified atom stereocenters. The molecule has 1 aliphatic heterocycles. The molecule has 8 heteroatoms. The Morgan fingerprint density at radius 3 is 2.55 bits per heavy atom. The van der Waals surface area contributed by atoms with Crippen LogP contribution in [0.25, 0.3) is 0 Å². The number of likely N-dealkylation sites (tertiary alicyclic amines) is 1. The predicted molar refractivity (Wildman–Crippen MR) is 115 cm³/mol. The van der Waals surface area contributed by atoms with Crippen molar-refractivity contribution in [1.82, 2.24) is 4.90 Å². The number of rotatable bonds is 8. The fourth-order valence-electron chi connectivity index (χ4n) is 3.42. The lowest BCUT2D eigenvalue weighted by Gasteiger charge is -2.31. The molecule has 0 saturated carbocycles. The summed E-state index contributed by atoms with van der Waals surface area (Å²) in [7, 11) is 0. The first kappa shape index (κ1) is 21.5. The number of Topliss-reactive ketones (excluding diaryl/α,β-unsaturated/α-hetero) is 1. The number of hydrogen-bond donors (Lipinski definition) is 2. The van der Waals surface area contributed by atoms with E-state index >= 15 is 0 Å². The van der Waals surface area contributed by atoms with Crippen LogP contribution in [0.4, 0.5) is 5.69 Å². The summed E-state index contributed by atoms with van der Waals surface area (Å²) < 4.78 is 0.563. The van der Waals surface area contributed by atoms with E-state index < -0.39 is 0 Å². The molecular formula is C21H24ClN3O3S. The first-order chi connectivity index (χ1) is 13.9. The molecule has 1 aromatic heterocycles. The molecule has 0 spiro atoms. The average molecular weight is 434 g/mol. The molecule has 1 saturated heterocycles. The van der Waals surface area contributed by atoms with Crippen molar-refractivity contribution in [2.45, 2.75) is 32.2 Å². The molecule has 2 amide bonds. The van der Waals surface area contributed by atoms with Crippen molar-refractivity contribution in [2.24, 2.45) is 11.7 Å². The smallest absolute Gasteiger partial charge is 0.224 e. The Labute approximate surface area is 179 Å². The number of nitrogens with zero attached hydrogens (tertiary/aromatic N) is 1. The van der Waals surface area contributed by atoms with Gasteiger partial charge in [-0.15, -0.1) is 11.3 Å². The number of anilines is 1. The van der Waals surface area contributed by atoms with Crippen LogP contribution < -0.4 is 11.1 Å². The lowest BCUT2D eigenvalue weighted by Crippen LogP contribution is -2.40. The zero-order valence-electron chi connectivity index (χ0n) is 16.0. The third-order valence-corrected chi connectivity index (χ3v) is 6.25. The second-order valence-electron chi connectivity index (χ2n) is 7.25. The van der Waals surface area contributed by atoms with Crippen LogP contribution in [0, 0.1) is 5.92 Å². The summed E-state index contributed by atoms with van der Waals surface area (Å²) in [6.07, 6.45) is 2.10. The monoisotopic (exact) mass is 433 g/mol. The Bertz CT molecular complexity index is 882. The molecule has 29 heavy (non-hydrogen) atoms.